The minimum atomic E-state index is -1.06. The maximum Gasteiger partial charge on any atom is 0.410 e. The van der Waals surface area contributed by atoms with Gasteiger partial charge < -0.3 is 24.2 Å². The molecule has 0 saturated carbocycles. The average Bonchev–Trinajstić information content (AvgIpc) is 3.44. The van der Waals surface area contributed by atoms with Crippen LogP contribution in [0.4, 0.5) is 25.0 Å². The van der Waals surface area contributed by atoms with Gasteiger partial charge >= 0.3 is 6.09 Å². The summed E-state index contributed by atoms with van der Waals surface area (Å²) in [5.41, 5.74) is -0.590. The Labute approximate surface area is 189 Å². The molecule has 10 nitrogen and oxygen atoms in total. The number of halogens is 2. The summed E-state index contributed by atoms with van der Waals surface area (Å²) in [5.74, 6) is -2.02. The molecule has 2 aromatic rings. The number of benzene rings is 1. The summed E-state index contributed by atoms with van der Waals surface area (Å²) in [5, 5.41) is 7.25. The molecule has 2 aliphatic rings. The van der Waals surface area contributed by atoms with Crippen molar-refractivity contribution in [3.05, 3.63) is 36.2 Å². The van der Waals surface area contributed by atoms with E-state index in [-0.39, 0.29) is 50.7 Å². The number of anilines is 2. The van der Waals surface area contributed by atoms with Crippen LogP contribution in [0.15, 0.2) is 24.5 Å². The Morgan fingerprint density at radius 3 is 2.33 bits per heavy atom. The highest BCUT2D eigenvalue weighted by Gasteiger charge is 2.35. The zero-order valence-electron chi connectivity index (χ0n) is 18.7. The molecule has 1 amide bonds. The Balaban J connectivity index is 1.47. The van der Waals surface area contributed by atoms with E-state index in [2.05, 4.69) is 10.3 Å². The predicted octanol–water partition coefficient (Wildman–Crippen LogP) is 2.12. The highest BCUT2D eigenvalue weighted by Crippen LogP contribution is 2.32. The lowest BCUT2D eigenvalue weighted by molar-refractivity contribution is 0.0240. The van der Waals surface area contributed by atoms with Crippen molar-refractivity contribution in [3.63, 3.8) is 0 Å². The number of carbonyl (C=O) groups excluding carboxylic acids is 2. The van der Waals surface area contributed by atoms with Crippen molar-refractivity contribution in [1.29, 1.82) is 0 Å². The molecule has 4 rings (SSSR count). The number of piperazine rings is 1. The number of carbonyl (C=O) groups is 2. The van der Waals surface area contributed by atoms with Gasteiger partial charge in [-0.15, -0.1) is 5.10 Å². The zero-order chi connectivity index (χ0) is 23.8. The first-order chi connectivity index (χ1) is 15.6. The fraction of sp³-hybridized carbons (Fsp3) is 0.524. The van der Waals surface area contributed by atoms with E-state index in [0.29, 0.717) is 0 Å². The third kappa shape index (κ3) is 4.90. The number of amides is 1. The third-order valence-corrected chi connectivity index (χ3v) is 5.33. The van der Waals surface area contributed by atoms with E-state index in [9.17, 15) is 9.59 Å². The molecule has 0 spiro atoms. The third-order valence-electron chi connectivity index (χ3n) is 5.33. The van der Waals surface area contributed by atoms with Crippen molar-refractivity contribution in [2.45, 2.75) is 32.6 Å². The first-order valence-electron chi connectivity index (χ1n) is 10.6. The van der Waals surface area contributed by atoms with Crippen molar-refractivity contribution >= 4 is 23.4 Å². The van der Waals surface area contributed by atoms with Crippen LogP contribution in [0.25, 0.3) is 0 Å². The Kier molecular flexibility index (Phi) is 6.19. The maximum absolute atomic E-state index is 15.1. The van der Waals surface area contributed by atoms with Gasteiger partial charge in [0.1, 0.15) is 11.3 Å². The van der Waals surface area contributed by atoms with Crippen LogP contribution in [-0.4, -0.2) is 83.1 Å². The van der Waals surface area contributed by atoms with Crippen LogP contribution >= 0.6 is 0 Å². The minimum absolute atomic E-state index is 0.165. The minimum Gasteiger partial charge on any atom is -0.444 e. The van der Waals surface area contributed by atoms with Crippen molar-refractivity contribution < 1.29 is 27.8 Å². The topological polar surface area (TPSA) is 93.0 Å². The molecule has 1 atom stereocenters. The molecule has 2 aliphatic heterocycles. The number of hydrogen-bond donors (Lipinski definition) is 0. The Bertz CT molecular complexity index is 995. The second-order valence-corrected chi connectivity index (χ2v) is 8.81. The molecule has 2 fully saturated rings. The van der Waals surface area contributed by atoms with Gasteiger partial charge in [-0.05, 0) is 32.9 Å². The zero-order valence-corrected chi connectivity index (χ0v) is 18.7. The number of hydrogen-bond acceptors (Lipinski definition) is 8. The average molecular weight is 464 g/mol. The van der Waals surface area contributed by atoms with Gasteiger partial charge in [-0.1, -0.05) is 5.21 Å². The summed E-state index contributed by atoms with van der Waals surface area (Å²) in [6.07, 6.45) is 1.22. The molecule has 0 unspecified atom stereocenters. The smallest absolute Gasteiger partial charge is 0.410 e. The normalized spacial score (nSPS) is 19.2. The van der Waals surface area contributed by atoms with Gasteiger partial charge in [0.05, 0.1) is 19.0 Å². The van der Waals surface area contributed by atoms with Crippen LogP contribution in [-0.2, 0) is 9.47 Å². The van der Waals surface area contributed by atoms with E-state index < -0.39 is 35.5 Å². The van der Waals surface area contributed by atoms with E-state index >= 15 is 8.78 Å². The van der Waals surface area contributed by atoms with Crippen LogP contribution < -0.4 is 9.80 Å². The van der Waals surface area contributed by atoms with Gasteiger partial charge in [0.2, 0.25) is 6.23 Å². The van der Waals surface area contributed by atoms with Gasteiger partial charge in [0, 0.05) is 38.4 Å². The molecular weight excluding hydrogens is 438 g/mol. The fourth-order valence-corrected chi connectivity index (χ4v) is 3.84. The highest BCUT2D eigenvalue weighted by molar-refractivity contribution is 5.85. The second kappa shape index (κ2) is 8.93. The lowest BCUT2D eigenvalue weighted by Gasteiger charge is -2.37. The highest BCUT2D eigenvalue weighted by atomic mass is 19.1. The first kappa shape index (κ1) is 22.9. The molecule has 178 valence electrons. The summed E-state index contributed by atoms with van der Waals surface area (Å²) in [4.78, 5) is 29.4. The number of nitrogens with zero attached hydrogens (tertiary/aromatic N) is 6. The van der Waals surface area contributed by atoms with E-state index in [1.54, 1.807) is 25.7 Å². The summed E-state index contributed by atoms with van der Waals surface area (Å²) >= 11 is 0. The second-order valence-electron chi connectivity index (χ2n) is 8.81. The van der Waals surface area contributed by atoms with Crippen molar-refractivity contribution in [3.8, 4) is 0 Å². The van der Waals surface area contributed by atoms with Crippen LogP contribution in [0.3, 0.4) is 0 Å². The molecule has 2 saturated heterocycles. The van der Waals surface area contributed by atoms with Crippen LogP contribution in [0.1, 0.15) is 25.6 Å². The van der Waals surface area contributed by atoms with Crippen LogP contribution in [0.5, 0.6) is 0 Å². The Morgan fingerprint density at radius 1 is 1.09 bits per heavy atom. The van der Waals surface area contributed by atoms with Gasteiger partial charge in [0.25, 0.3) is 5.91 Å². The maximum atomic E-state index is 15.1. The van der Waals surface area contributed by atoms with Gasteiger partial charge in [-0.3, -0.25) is 4.79 Å². The standard InChI is InChI=1S/C21H26F2N6O4/c1-21(2,3)33-20(31)27-8-6-26(7-9-27)17-15(22)12-14(13-16(17)23)28-10-11-32-19(28)18(30)29-5-4-24-25-29/h4-5,12-13,19H,6-11H2,1-3H3/t19-/m1/s1. The molecule has 0 aliphatic carbocycles. The summed E-state index contributed by atoms with van der Waals surface area (Å²) in [6.45, 7) is 6.93. The molecule has 0 N–H and O–H groups in total. The Hall–Kier alpha value is -3.28. The fourth-order valence-electron chi connectivity index (χ4n) is 3.84. The van der Waals surface area contributed by atoms with Crippen molar-refractivity contribution in [2.75, 3.05) is 49.1 Å². The molecule has 12 heteroatoms. The van der Waals surface area contributed by atoms with Gasteiger partial charge in [0.15, 0.2) is 11.6 Å². The number of ether oxygens (including phenoxy) is 2. The quantitative estimate of drug-likeness (QED) is 0.682. The summed E-state index contributed by atoms with van der Waals surface area (Å²) in [7, 11) is 0. The molecular formula is C21H26F2N6O4. The monoisotopic (exact) mass is 464 g/mol. The van der Waals surface area contributed by atoms with E-state index in [1.165, 1.54) is 34.3 Å². The number of rotatable bonds is 3. The lowest BCUT2D eigenvalue weighted by atomic mass is 10.2. The van der Waals surface area contributed by atoms with E-state index in [0.717, 1.165) is 4.68 Å². The van der Waals surface area contributed by atoms with Gasteiger partial charge in [-0.25, -0.2) is 13.6 Å². The van der Waals surface area contributed by atoms with Crippen molar-refractivity contribution in [2.24, 2.45) is 0 Å². The molecule has 3 heterocycles. The molecule has 0 radical (unpaired) electrons. The molecule has 1 aromatic heterocycles. The Morgan fingerprint density at radius 2 is 1.76 bits per heavy atom. The SMILES string of the molecule is CC(C)(C)OC(=O)N1CCN(c2c(F)cc(N3CCO[C@@H]3C(=O)n3ccnn3)cc2F)CC1. The van der Waals surface area contributed by atoms with Crippen molar-refractivity contribution in [1.82, 2.24) is 19.9 Å². The molecule has 33 heavy (non-hydrogen) atoms. The van der Waals surface area contributed by atoms with E-state index in [4.69, 9.17) is 9.47 Å². The van der Waals surface area contributed by atoms with Gasteiger partial charge in [-0.2, -0.15) is 4.68 Å². The van der Waals surface area contributed by atoms with Crippen LogP contribution in [0, 0.1) is 11.6 Å². The lowest BCUT2D eigenvalue weighted by Crippen LogP contribution is -2.50. The number of aromatic nitrogens is 3. The van der Waals surface area contributed by atoms with Crippen LogP contribution in [0.2, 0.25) is 0 Å². The predicted molar refractivity (Wildman–Crippen MR) is 114 cm³/mol. The summed E-state index contributed by atoms with van der Waals surface area (Å²) in [6, 6.07) is 2.38. The summed E-state index contributed by atoms with van der Waals surface area (Å²) < 4.78 is 42.0. The molecule has 1 aromatic carbocycles. The molecule has 0 bridgehead atoms. The van der Waals surface area contributed by atoms with E-state index in [1.807, 2.05) is 0 Å². The largest absolute Gasteiger partial charge is 0.444 e. The first-order valence-corrected chi connectivity index (χ1v) is 10.6.